The molecule has 0 spiro atoms. The Morgan fingerprint density at radius 3 is 3.00 bits per heavy atom. The van der Waals surface area contributed by atoms with E-state index in [1.807, 2.05) is 0 Å². The molecule has 1 atom stereocenters. The van der Waals surface area contributed by atoms with Gasteiger partial charge in [0.1, 0.15) is 11.9 Å². The van der Waals surface area contributed by atoms with Gasteiger partial charge >= 0.3 is 0 Å². The van der Waals surface area contributed by atoms with Crippen LogP contribution in [-0.2, 0) is 4.79 Å². The van der Waals surface area contributed by atoms with E-state index >= 15 is 0 Å². The van der Waals surface area contributed by atoms with E-state index in [0.29, 0.717) is 10.2 Å². The van der Waals surface area contributed by atoms with Crippen LogP contribution < -0.4 is 10.2 Å². The highest BCUT2D eigenvalue weighted by atomic mass is 79.9. The van der Waals surface area contributed by atoms with Gasteiger partial charge in [0, 0.05) is 12.6 Å². The molecule has 0 saturated carbocycles. The molecule has 1 N–H and O–H groups in total. The summed E-state index contributed by atoms with van der Waals surface area (Å²) in [6.07, 6.45) is 4.10. The van der Waals surface area contributed by atoms with Crippen molar-refractivity contribution >= 4 is 33.2 Å². The summed E-state index contributed by atoms with van der Waals surface area (Å²) in [6, 6.07) is 3.02. The number of rotatable bonds is 0. The normalized spacial score (nSPS) is 22.9. The van der Waals surface area contributed by atoms with E-state index in [1.165, 1.54) is 6.07 Å². The number of anilines is 2. The SMILES string of the molecule is O=C1Nc2cc(Br)c(F)cc2N2CCCCCC12. The van der Waals surface area contributed by atoms with Crippen molar-refractivity contribution in [2.24, 2.45) is 0 Å². The lowest BCUT2D eigenvalue weighted by atomic mass is 10.0. The Labute approximate surface area is 113 Å². The van der Waals surface area contributed by atoms with Gasteiger partial charge in [0.2, 0.25) is 5.91 Å². The molecular formula is C13H14BrFN2O. The minimum absolute atomic E-state index is 0.0305. The quantitative estimate of drug-likeness (QED) is 0.797. The first-order valence-corrected chi connectivity index (χ1v) is 7.02. The van der Waals surface area contributed by atoms with Gasteiger partial charge in [-0.3, -0.25) is 4.79 Å². The van der Waals surface area contributed by atoms with E-state index in [4.69, 9.17) is 0 Å². The van der Waals surface area contributed by atoms with E-state index in [9.17, 15) is 9.18 Å². The van der Waals surface area contributed by atoms with Crippen molar-refractivity contribution in [3.8, 4) is 0 Å². The lowest BCUT2D eigenvalue weighted by Crippen LogP contribution is -2.47. The second kappa shape index (κ2) is 4.53. The van der Waals surface area contributed by atoms with Crippen LogP contribution in [-0.4, -0.2) is 18.5 Å². The van der Waals surface area contributed by atoms with Crippen LogP contribution in [0.25, 0.3) is 0 Å². The molecule has 18 heavy (non-hydrogen) atoms. The fourth-order valence-corrected chi connectivity index (χ4v) is 3.10. The lowest BCUT2D eigenvalue weighted by molar-refractivity contribution is -0.117. The zero-order valence-electron chi connectivity index (χ0n) is 9.88. The molecule has 1 amide bonds. The van der Waals surface area contributed by atoms with Crippen LogP contribution in [0.2, 0.25) is 0 Å². The van der Waals surface area contributed by atoms with E-state index in [1.54, 1.807) is 6.07 Å². The molecule has 1 aromatic rings. The van der Waals surface area contributed by atoms with Gasteiger partial charge in [0.25, 0.3) is 0 Å². The number of carbonyl (C=O) groups excluding carboxylic acids is 1. The summed E-state index contributed by atoms with van der Waals surface area (Å²) in [5.74, 6) is -0.254. The number of nitrogens with zero attached hydrogens (tertiary/aromatic N) is 1. The molecule has 2 heterocycles. The van der Waals surface area contributed by atoms with Crippen molar-refractivity contribution in [2.75, 3.05) is 16.8 Å². The molecule has 1 saturated heterocycles. The first-order valence-electron chi connectivity index (χ1n) is 6.23. The minimum atomic E-state index is -0.284. The predicted octanol–water partition coefficient (Wildman–Crippen LogP) is 3.29. The Morgan fingerprint density at radius 2 is 2.17 bits per heavy atom. The summed E-state index contributed by atoms with van der Waals surface area (Å²) >= 11 is 3.15. The van der Waals surface area contributed by atoms with Gasteiger partial charge in [-0.15, -0.1) is 0 Å². The molecule has 2 aliphatic rings. The Balaban J connectivity index is 2.08. The van der Waals surface area contributed by atoms with Crippen molar-refractivity contribution in [1.29, 1.82) is 0 Å². The second-order valence-corrected chi connectivity index (χ2v) is 5.69. The van der Waals surface area contributed by atoms with Gasteiger partial charge in [0.15, 0.2) is 0 Å². The summed E-state index contributed by atoms with van der Waals surface area (Å²) in [5, 5.41) is 2.88. The predicted molar refractivity (Wildman–Crippen MR) is 72.3 cm³/mol. The summed E-state index contributed by atoms with van der Waals surface area (Å²) in [5.41, 5.74) is 1.51. The third kappa shape index (κ3) is 1.90. The number of nitrogens with one attached hydrogen (secondary N) is 1. The Bertz CT molecular complexity index is 506. The summed E-state index contributed by atoms with van der Waals surface area (Å²) in [7, 11) is 0. The monoisotopic (exact) mass is 312 g/mol. The van der Waals surface area contributed by atoms with E-state index in [2.05, 4.69) is 26.1 Å². The largest absolute Gasteiger partial charge is 0.358 e. The first kappa shape index (κ1) is 12.0. The van der Waals surface area contributed by atoms with Gasteiger partial charge < -0.3 is 10.2 Å². The highest BCUT2D eigenvalue weighted by Crippen LogP contribution is 2.38. The maximum absolute atomic E-state index is 13.7. The molecule has 1 unspecified atom stereocenters. The zero-order valence-corrected chi connectivity index (χ0v) is 11.5. The fraction of sp³-hybridized carbons (Fsp3) is 0.462. The first-order chi connectivity index (χ1) is 8.66. The number of amides is 1. The van der Waals surface area contributed by atoms with Crippen LogP contribution in [0.5, 0.6) is 0 Å². The van der Waals surface area contributed by atoms with Gasteiger partial charge in [-0.2, -0.15) is 0 Å². The molecule has 0 bridgehead atoms. The van der Waals surface area contributed by atoms with Crippen molar-refractivity contribution in [2.45, 2.75) is 31.7 Å². The molecule has 0 aromatic heterocycles. The molecule has 96 valence electrons. The molecule has 0 aliphatic carbocycles. The lowest BCUT2D eigenvalue weighted by Gasteiger charge is -2.37. The number of benzene rings is 1. The van der Waals surface area contributed by atoms with Crippen molar-refractivity contribution in [3.63, 3.8) is 0 Å². The Kier molecular flexibility index (Phi) is 3.01. The van der Waals surface area contributed by atoms with Crippen LogP contribution >= 0.6 is 15.9 Å². The summed E-state index contributed by atoms with van der Waals surface area (Å²) in [6.45, 7) is 0.826. The third-order valence-corrected chi connectivity index (χ3v) is 4.27. The number of carbonyl (C=O) groups is 1. The molecule has 3 rings (SSSR count). The highest BCUT2D eigenvalue weighted by Gasteiger charge is 2.34. The highest BCUT2D eigenvalue weighted by molar-refractivity contribution is 9.10. The number of hydrogen-bond acceptors (Lipinski definition) is 2. The summed E-state index contributed by atoms with van der Waals surface area (Å²) in [4.78, 5) is 14.1. The van der Waals surface area contributed by atoms with Gasteiger partial charge in [-0.05, 0) is 34.8 Å². The maximum Gasteiger partial charge on any atom is 0.247 e. The zero-order chi connectivity index (χ0) is 12.7. The Hall–Kier alpha value is -1.10. The van der Waals surface area contributed by atoms with Crippen molar-refractivity contribution < 1.29 is 9.18 Å². The van der Waals surface area contributed by atoms with Crippen LogP contribution in [0.15, 0.2) is 16.6 Å². The molecular weight excluding hydrogens is 299 g/mol. The van der Waals surface area contributed by atoms with Crippen LogP contribution in [0.4, 0.5) is 15.8 Å². The van der Waals surface area contributed by atoms with E-state index in [0.717, 1.165) is 37.9 Å². The molecule has 1 fully saturated rings. The standard InChI is InChI=1S/C13H14BrFN2O/c14-8-6-10-12(7-9(8)15)17-5-3-1-2-4-11(17)13(18)16-10/h6-7,11H,1-5H2,(H,16,18). The third-order valence-electron chi connectivity index (χ3n) is 3.66. The molecule has 2 aliphatic heterocycles. The number of hydrogen-bond donors (Lipinski definition) is 1. The van der Waals surface area contributed by atoms with Crippen LogP contribution in [0.1, 0.15) is 25.7 Å². The molecule has 0 radical (unpaired) electrons. The van der Waals surface area contributed by atoms with Gasteiger partial charge in [-0.1, -0.05) is 12.8 Å². The van der Waals surface area contributed by atoms with Crippen LogP contribution in [0, 0.1) is 5.82 Å². The summed E-state index contributed by atoms with van der Waals surface area (Å²) < 4.78 is 14.1. The smallest absolute Gasteiger partial charge is 0.247 e. The van der Waals surface area contributed by atoms with Crippen molar-refractivity contribution in [3.05, 3.63) is 22.4 Å². The maximum atomic E-state index is 13.7. The molecule has 3 nitrogen and oxygen atoms in total. The molecule has 1 aromatic carbocycles. The van der Waals surface area contributed by atoms with Crippen molar-refractivity contribution in [1.82, 2.24) is 0 Å². The van der Waals surface area contributed by atoms with E-state index < -0.39 is 0 Å². The Morgan fingerprint density at radius 1 is 1.33 bits per heavy atom. The van der Waals surface area contributed by atoms with E-state index in [-0.39, 0.29) is 17.8 Å². The van der Waals surface area contributed by atoms with Gasteiger partial charge in [0.05, 0.1) is 15.8 Å². The number of fused-ring (bicyclic) bond motifs is 3. The average Bonchev–Trinajstić information content (AvgIpc) is 2.58. The molecule has 5 heteroatoms. The second-order valence-electron chi connectivity index (χ2n) is 4.83. The average molecular weight is 313 g/mol. The topological polar surface area (TPSA) is 32.3 Å². The fourth-order valence-electron chi connectivity index (χ4n) is 2.76. The minimum Gasteiger partial charge on any atom is -0.358 e. The van der Waals surface area contributed by atoms with Gasteiger partial charge in [-0.25, -0.2) is 4.39 Å². The van der Waals surface area contributed by atoms with Crippen LogP contribution in [0.3, 0.4) is 0 Å². The number of halogens is 2.